The summed E-state index contributed by atoms with van der Waals surface area (Å²) in [6.45, 7) is 0. The fraction of sp³-hybridized carbons (Fsp3) is 0.111. The molecule has 0 aliphatic rings. The summed E-state index contributed by atoms with van der Waals surface area (Å²) in [5.41, 5.74) is 2.23. The number of hydrogen-bond donors (Lipinski definition) is 2. The monoisotopic (exact) mass is 318 g/mol. The second kappa shape index (κ2) is 6.75. The number of carbonyl (C=O) groups is 1. The summed E-state index contributed by atoms with van der Waals surface area (Å²) in [5, 5.41) is 11.7. The zero-order chi connectivity index (χ0) is 16.9. The van der Waals surface area contributed by atoms with Crippen LogP contribution in [-0.4, -0.2) is 15.9 Å². The maximum absolute atomic E-state index is 12.1. The van der Waals surface area contributed by atoms with Crippen LogP contribution in [0.1, 0.15) is 17.7 Å². The average molecular weight is 318 g/mol. The summed E-state index contributed by atoms with van der Waals surface area (Å²) in [7, 11) is 0. The fourth-order valence-corrected chi connectivity index (χ4v) is 2.37. The van der Waals surface area contributed by atoms with Crippen molar-refractivity contribution < 1.29 is 4.79 Å². The number of aromatic nitrogens is 2. The van der Waals surface area contributed by atoms with E-state index in [1.165, 1.54) is 0 Å². The molecule has 0 saturated heterocycles. The molecule has 0 aliphatic heterocycles. The standard InChI is InChI=1S/C18H14N4O2/c19-11-12-5-1-2-6-13(12)21-17(23)10-9-16-18(24)22-15-8-4-3-7-14(15)20-16/h1-8H,9-10H2,(H,21,23)(H,22,24). The van der Waals surface area contributed by atoms with Crippen molar-refractivity contribution in [2.45, 2.75) is 12.8 Å². The molecule has 1 amide bonds. The van der Waals surface area contributed by atoms with Crippen LogP contribution in [0.4, 0.5) is 5.69 Å². The number of anilines is 1. The fourth-order valence-electron chi connectivity index (χ4n) is 2.37. The quantitative estimate of drug-likeness (QED) is 0.771. The number of fused-ring (bicyclic) bond motifs is 1. The molecule has 2 aromatic carbocycles. The first-order chi connectivity index (χ1) is 11.7. The number of amides is 1. The van der Waals surface area contributed by atoms with Crippen LogP contribution in [-0.2, 0) is 11.2 Å². The molecule has 118 valence electrons. The molecule has 6 heteroatoms. The number of aromatic amines is 1. The van der Waals surface area contributed by atoms with E-state index in [0.29, 0.717) is 28.0 Å². The van der Waals surface area contributed by atoms with E-state index in [9.17, 15) is 9.59 Å². The SMILES string of the molecule is N#Cc1ccccc1NC(=O)CCc1nc2ccccc2[nH]c1=O. The zero-order valence-corrected chi connectivity index (χ0v) is 12.7. The van der Waals surface area contributed by atoms with Gasteiger partial charge in [-0.1, -0.05) is 24.3 Å². The summed E-state index contributed by atoms with van der Waals surface area (Å²) in [5.74, 6) is -0.271. The maximum atomic E-state index is 12.1. The smallest absolute Gasteiger partial charge is 0.270 e. The first-order valence-electron chi connectivity index (χ1n) is 7.44. The average Bonchev–Trinajstić information content (AvgIpc) is 2.60. The predicted octanol–water partition coefficient (Wildman–Crippen LogP) is 2.37. The van der Waals surface area contributed by atoms with Gasteiger partial charge in [-0.2, -0.15) is 5.26 Å². The van der Waals surface area contributed by atoms with Crippen molar-refractivity contribution in [3.05, 3.63) is 70.1 Å². The summed E-state index contributed by atoms with van der Waals surface area (Å²) in [6, 6.07) is 16.0. The number of para-hydroxylation sites is 3. The summed E-state index contributed by atoms with van der Waals surface area (Å²) >= 11 is 0. The normalized spacial score (nSPS) is 10.3. The highest BCUT2D eigenvalue weighted by molar-refractivity contribution is 5.92. The van der Waals surface area contributed by atoms with E-state index >= 15 is 0 Å². The van der Waals surface area contributed by atoms with E-state index in [1.54, 1.807) is 36.4 Å². The Morgan fingerprint density at radius 2 is 1.92 bits per heavy atom. The number of H-pyrrole nitrogens is 1. The zero-order valence-electron chi connectivity index (χ0n) is 12.7. The van der Waals surface area contributed by atoms with E-state index in [0.717, 1.165) is 0 Å². The van der Waals surface area contributed by atoms with Crippen molar-refractivity contribution in [3.63, 3.8) is 0 Å². The van der Waals surface area contributed by atoms with Crippen molar-refractivity contribution in [3.8, 4) is 6.07 Å². The van der Waals surface area contributed by atoms with Crippen molar-refractivity contribution >= 4 is 22.6 Å². The van der Waals surface area contributed by atoms with Crippen LogP contribution in [0, 0.1) is 11.3 Å². The Balaban J connectivity index is 1.72. The molecule has 1 heterocycles. The molecule has 1 aromatic heterocycles. The van der Waals surface area contributed by atoms with Gasteiger partial charge in [0.05, 0.1) is 22.3 Å². The minimum absolute atomic E-state index is 0.105. The lowest BCUT2D eigenvalue weighted by Crippen LogP contribution is -2.19. The second-order valence-electron chi connectivity index (χ2n) is 5.24. The number of carbonyl (C=O) groups excluding carboxylic acids is 1. The molecule has 0 aliphatic carbocycles. The molecular formula is C18H14N4O2. The molecule has 2 N–H and O–H groups in total. The highest BCUT2D eigenvalue weighted by Gasteiger charge is 2.10. The van der Waals surface area contributed by atoms with Crippen LogP contribution in [0.3, 0.4) is 0 Å². The Morgan fingerprint density at radius 1 is 1.17 bits per heavy atom. The largest absolute Gasteiger partial charge is 0.325 e. The Labute approximate surface area is 137 Å². The molecular weight excluding hydrogens is 304 g/mol. The highest BCUT2D eigenvalue weighted by atomic mass is 16.1. The van der Waals surface area contributed by atoms with Crippen LogP contribution >= 0.6 is 0 Å². The van der Waals surface area contributed by atoms with Crippen LogP contribution in [0.5, 0.6) is 0 Å². The number of nitriles is 1. The van der Waals surface area contributed by atoms with E-state index in [2.05, 4.69) is 15.3 Å². The third kappa shape index (κ3) is 3.31. The van der Waals surface area contributed by atoms with Crippen LogP contribution in [0.25, 0.3) is 11.0 Å². The Morgan fingerprint density at radius 3 is 2.75 bits per heavy atom. The number of nitrogens with zero attached hydrogens (tertiary/aromatic N) is 2. The third-order valence-electron chi connectivity index (χ3n) is 3.58. The number of nitrogens with one attached hydrogen (secondary N) is 2. The van der Waals surface area contributed by atoms with Gasteiger partial charge in [-0.05, 0) is 24.3 Å². The molecule has 3 rings (SSSR count). The lowest BCUT2D eigenvalue weighted by atomic mass is 10.1. The van der Waals surface area contributed by atoms with Crippen LogP contribution in [0.15, 0.2) is 53.3 Å². The first-order valence-corrected chi connectivity index (χ1v) is 7.44. The van der Waals surface area contributed by atoms with Gasteiger partial charge in [-0.15, -0.1) is 0 Å². The van der Waals surface area contributed by atoms with Crippen LogP contribution in [0.2, 0.25) is 0 Å². The minimum Gasteiger partial charge on any atom is -0.325 e. The highest BCUT2D eigenvalue weighted by Crippen LogP contribution is 2.14. The molecule has 24 heavy (non-hydrogen) atoms. The Bertz CT molecular complexity index is 1000. The van der Waals surface area contributed by atoms with E-state index in [1.807, 2.05) is 18.2 Å². The van der Waals surface area contributed by atoms with Gasteiger partial charge in [-0.3, -0.25) is 9.59 Å². The number of aryl methyl sites for hydroxylation is 1. The molecule has 0 spiro atoms. The Hall–Kier alpha value is -3.46. The van der Waals surface area contributed by atoms with Gasteiger partial charge in [0.15, 0.2) is 0 Å². The second-order valence-corrected chi connectivity index (χ2v) is 5.24. The number of rotatable bonds is 4. The van der Waals surface area contributed by atoms with Crippen molar-refractivity contribution in [2.75, 3.05) is 5.32 Å². The van der Waals surface area contributed by atoms with Gasteiger partial charge < -0.3 is 10.3 Å². The number of hydrogen-bond acceptors (Lipinski definition) is 4. The Kier molecular flexibility index (Phi) is 4.34. The first kappa shape index (κ1) is 15.4. The molecule has 0 unspecified atom stereocenters. The summed E-state index contributed by atoms with van der Waals surface area (Å²) < 4.78 is 0. The topological polar surface area (TPSA) is 98.6 Å². The summed E-state index contributed by atoms with van der Waals surface area (Å²) in [4.78, 5) is 31.1. The maximum Gasteiger partial charge on any atom is 0.270 e. The van der Waals surface area contributed by atoms with Gasteiger partial charge in [0.1, 0.15) is 11.8 Å². The van der Waals surface area contributed by atoms with Crippen LogP contribution < -0.4 is 10.9 Å². The van der Waals surface area contributed by atoms with E-state index in [4.69, 9.17) is 5.26 Å². The van der Waals surface area contributed by atoms with Gasteiger partial charge in [0.25, 0.3) is 5.56 Å². The molecule has 6 nitrogen and oxygen atoms in total. The van der Waals surface area contributed by atoms with E-state index < -0.39 is 0 Å². The van der Waals surface area contributed by atoms with Crippen molar-refractivity contribution in [1.29, 1.82) is 5.26 Å². The molecule has 0 fully saturated rings. The molecule has 0 atom stereocenters. The van der Waals surface area contributed by atoms with Gasteiger partial charge in [0.2, 0.25) is 5.91 Å². The van der Waals surface area contributed by atoms with Crippen molar-refractivity contribution in [1.82, 2.24) is 9.97 Å². The lowest BCUT2D eigenvalue weighted by molar-refractivity contribution is -0.116. The van der Waals surface area contributed by atoms with Gasteiger partial charge in [-0.25, -0.2) is 4.98 Å². The lowest BCUT2D eigenvalue weighted by Gasteiger charge is -2.06. The molecule has 3 aromatic rings. The molecule has 0 radical (unpaired) electrons. The van der Waals surface area contributed by atoms with Gasteiger partial charge in [0, 0.05) is 12.8 Å². The summed E-state index contributed by atoms with van der Waals surface area (Å²) in [6.07, 6.45) is 0.328. The minimum atomic E-state index is -0.293. The van der Waals surface area contributed by atoms with Gasteiger partial charge >= 0.3 is 0 Å². The predicted molar refractivity (Wildman–Crippen MR) is 90.5 cm³/mol. The van der Waals surface area contributed by atoms with Crippen molar-refractivity contribution in [2.24, 2.45) is 0 Å². The molecule has 0 saturated carbocycles. The van der Waals surface area contributed by atoms with E-state index in [-0.39, 0.29) is 24.3 Å². The number of benzene rings is 2. The third-order valence-corrected chi connectivity index (χ3v) is 3.58. The molecule has 0 bridgehead atoms.